The van der Waals surface area contributed by atoms with Gasteiger partial charge in [-0.3, -0.25) is 0 Å². The number of hydrogen-bond acceptors (Lipinski definition) is 1. The predicted octanol–water partition coefficient (Wildman–Crippen LogP) is 2.00. The molecule has 1 heterocycles. The Balaban J connectivity index is 2.42. The maximum atomic E-state index is 5.47. The molecule has 2 nitrogen and oxygen atoms in total. The maximum Gasteiger partial charge on any atom is 0.0771 e. The van der Waals surface area contributed by atoms with Crippen LogP contribution in [-0.4, -0.2) is 9.97 Å². The van der Waals surface area contributed by atoms with E-state index in [1.807, 2.05) is 24.4 Å². The SMILES string of the molecule is NC(=S)Cc1ccc2[nH]ccc2c1. The van der Waals surface area contributed by atoms with Crippen LogP contribution >= 0.6 is 12.2 Å². The average Bonchev–Trinajstić information content (AvgIpc) is 2.49. The van der Waals surface area contributed by atoms with Crippen molar-refractivity contribution in [3.05, 3.63) is 36.0 Å². The smallest absolute Gasteiger partial charge is 0.0771 e. The number of thiocarbonyl (C=S) groups is 1. The van der Waals surface area contributed by atoms with E-state index in [2.05, 4.69) is 11.1 Å². The third kappa shape index (κ3) is 1.70. The molecule has 0 unspecified atom stereocenters. The molecule has 1 aromatic carbocycles. The van der Waals surface area contributed by atoms with E-state index in [1.54, 1.807) is 0 Å². The van der Waals surface area contributed by atoms with Gasteiger partial charge in [-0.15, -0.1) is 0 Å². The lowest BCUT2D eigenvalue weighted by Crippen LogP contribution is -2.10. The molecule has 3 heteroatoms. The summed E-state index contributed by atoms with van der Waals surface area (Å²) in [5.41, 5.74) is 7.78. The minimum atomic E-state index is 0.537. The molecule has 2 rings (SSSR count). The Morgan fingerprint density at radius 2 is 2.23 bits per heavy atom. The van der Waals surface area contributed by atoms with Gasteiger partial charge in [-0.25, -0.2) is 0 Å². The first-order valence-corrected chi connectivity index (χ1v) is 4.51. The summed E-state index contributed by atoms with van der Waals surface area (Å²) in [6.45, 7) is 0. The Hall–Kier alpha value is -1.35. The van der Waals surface area contributed by atoms with Crippen molar-refractivity contribution >= 4 is 28.1 Å². The third-order valence-electron chi connectivity index (χ3n) is 2.00. The second-order valence-corrected chi connectivity index (χ2v) is 3.57. The summed E-state index contributed by atoms with van der Waals surface area (Å²) in [5, 5.41) is 1.20. The number of rotatable bonds is 2. The first kappa shape index (κ1) is 8.26. The van der Waals surface area contributed by atoms with Crippen molar-refractivity contribution in [3.8, 4) is 0 Å². The van der Waals surface area contributed by atoms with Crippen LogP contribution in [0.5, 0.6) is 0 Å². The van der Waals surface area contributed by atoms with Gasteiger partial charge in [-0.1, -0.05) is 18.3 Å². The van der Waals surface area contributed by atoms with Gasteiger partial charge in [-0.2, -0.15) is 0 Å². The quantitative estimate of drug-likeness (QED) is 0.711. The molecule has 13 heavy (non-hydrogen) atoms. The molecule has 0 atom stereocenters. The van der Waals surface area contributed by atoms with Gasteiger partial charge in [0.15, 0.2) is 0 Å². The van der Waals surface area contributed by atoms with E-state index in [1.165, 1.54) is 10.9 Å². The molecule has 0 spiro atoms. The van der Waals surface area contributed by atoms with Gasteiger partial charge < -0.3 is 10.7 Å². The van der Waals surface area contributed by atoms with Gasteiger partial charge in [-0.05, 0) is 29.1 Å². The molecule has 0 fully saturated rings. The molecule has 0 aliphatic heterocycles. The highest BCUT2D eigenvalue weighted by atomic mass is 32.1. The van der Waals surface area contributed by atoms with Crippen LogP contribution in [0.1, 0.15) is 5.56 Å². The van der Waals surface area contributed by atoms with Gasteiger partial charge in [0, 0.05) is 18.1 Å². The monoisotopic (exact) mass is 190 g/mol. The number of fused-ring (bicyclic) bond motifs is 1. The predicted molar refractivity (Wildman–Crippen MR) is 58.8 cm³/mol. The summed E-state index contributed by atoms with van der Waals surface area (Å²) < 4.78 is 0. The van der Waals surface area contributed by atoms with Crippen molar-refractivity contribution in [2.75, 3.05) is 0 Å². The first-order valence-electron chi connectivity index (χ1n) is 4.10. The molecule has 0 aliphatic carbocycles. The molecule has 0 amide bonds. The maximum absolute atomic E-state index is 5.47. The normalized spacial score (nSPS) is 10.5. The van der Waals surface area contributed by atoms with E-state index in [4.69, 9.17) is 18.0 Å². The second-order valence-electron chi connectivity index (χ2n) is 3.04. The van der Waals surface area contributed by atoms with E-state index in [-0.39, 0.29) is 0 Å². The zero-order valence-electron chi connectivity index (χ0n) is 7.08. The first-order chi connectivity index (χ1) is 6.25. The van der Waals surface area contributed by atoms with E-state index in [0.29, 0.717) is 11.4 Å². The Morgan fingerprint density at radius 1 is 1.38 bits per heavy atom. The van der Waals surface area contributed by atoms with Gasteiger partial charge in [0.1, 0.15) is 0 Å². The summed E-state index contributed by atoms with van der Waals surface area (Å²) in [6, 6.07) is 8.23. The minimum Gasteiger partial charge on any atom is -0.393 e. The van der Waals surface area contributed by atoms with Gasteiger partial charge in [0.05, 0.1) is 4.99 Å². The number of H-pyrrole nitrogens is 1. The summed E-state index contributed by atoms with van der Waals surface area (Å²) in [6.07, 6.45) is 2.60. The summed E-state index contributed by atoms with van der Waals surface area (Å²) >= 11 is 4.85. The Morgan fingerprint density at radius 3 is 3.00 bits per heavy atom. The standard InChI is InChI=1S/C10H10N2S/c11-10(13)6-7-1-2-9-8(5-7)3-4-12-9/h1-5,12H,6H2,(H2,11,13). The van der Waals surface area contributed by atoms with Crippen molar-refractivity contribution in [1.29, 1.82) is 0 Å². The van der Waals surface area contributed by atoms with Gasteiger partial charge >= 0.3 is 0 Å². The lowest BCUT2D eigenvalue weighted by atomic mass is 10.1. The molecule has 0 saturated heterocycles. The van der Waals surface area contributed by atoms with Crippen LogP contribution in [0.15, 0.2) is 30.5 Å². The second kappa shape index (κ2) is 3.18. The summed E-state index contributed by atoms with van der Waals surface area (Å²) in [7, 11) is 0. The van der Waals surface area contributed by atoms with Crippen LogP contribution in [0.4, 0.5) is 0 Å². The van der Waals surface area contributed by atoms with Crippen LogP contribution in [0.25, 0.3) is 10.9 Å². The highest BCUT2D eigenvalue weighted by molar-refractivity contribution is 7.80. The van der Waals surface area contributed by atoms with E-state index in [0.717, 1.165) is 5.52 Å². The molecule has 66 valence electrons. The number of hydrogen-bond donors (Lipinski definition) is 2. The minimum absolute atomic E-state index is 0.537. The molecular weight excluding hydrogens is 180 g/mol. The summed E-state index contributed by atoms with van der Waals surface area (Å²) in [5.74, 6) is 0. The van der Waals surface area contributed by atoms with E-state index in [9.17, 15) is 0 Å². The van der Waals surface area contributed by atoms with Crippen LogP contribution in [0.3, 0.4) is 0 Å². The molecule has 0 aliphatic rings. The van der Waals surface area contributed by atoms with Crippen molar-refractivity contribution in [2.45, 2.75) is 6.42 Å². The molecule has 2 aromatic rings. The van der Waals surface area contributed by atoms with E-state index >= 15 is 0 Å². The molecule has 3 N–H and O–H groups in total. The Bertz CT molecular complexity index is 445. The number of benzene rings is 1. The average molecular weight is 190 g/mol. The molecular formula is C10H10N2S. The number of nitrogens with two attached hydrogens (primary N) is 1. The largest absolute Gasteiger partial charge is 0.393 e. The number of nitrogens with one attached hydrogen (secondary N) is 1. The fourth-order valence-corrected chi connectivity index (χ4v) is 1.58. The molecule has 0 saturated carbocycles. The zero-order chi connectivity index (χ0) is 9.26. The number of aromatic amines is 1. The molecule has 1 aromatic heterocycles. The van der Waals surface area contributed by atoms with Gasteiger partial charge in [0.25, 0.3) is 0 Å². The fourth-order valence-electron chi connectivity index (χ4n) is 1.41. The third-order valence-corrected chi connectivity index (χ3v) is 2.14. The highest BCUT2D eigenvalue weighted by Gasteiger charge is 1.97. The van der Waals surface area contributed by atoms with Crippen LogP contribution in [0.2, 0.25) is 0 Å². The topological polar surface area (TPSA) is 41.8 Å². The summed E-state index contributed by atoms with van der Waals surface area (Å²) in [4.78, 5) is 3.67. The molecule has 0 radical (unpaired) electrons. The van der Waals surface area contributed by atoms with Crippen LogP contribution < -0.4 is 5.73 Å². The Kier molecular flexibility index (Phi) is 2.02. The van der Waals surface area contributed by atoms with Crippen molar-refractivity contribution in [2.24, 2.45) is 5.73 Å². The lowest BCUT2D eigenvalue weighted by Gasteiger charge is -1.98. The highest BCUT2D eigenvalue weighted by Crippen LogP contribution is 2.14. The molecule has 0 bridgehead atoms. The lowest BCUT2D eigenvalue weighted by molar-refractivity contribution is 1.34. The van der Waals surface area contributed by atoms with E-state index < -0.39 is 0 Å². The van der Waals surface area contributed by atoms with Crippen molar-refractivity contribution < 1.29 is 0 Å². The van der Waals surface area contributed by atoms with Crippen LogP contribution in [0, 0.1) is 0 Å². The van der Waals surface area contributed by atoms with Crippen LogP contribution in [-0.2, 0) is 6.42 Å². The Labute approximate surface area is 81.8 Å². The fraction of sp³-hybridized carbons (Fsp3) is 0.100. The zero-order valence-corrected chi connectivity index (χ0v) is 7.90. The van der Waals surface area contributed by atoms with Crippen molar-refractivity contribution in [1.82, 2.24) is 4.98 Å². The van der Waals surface area contributed by atoms with Gasteiger partial charge in [0.2, 0.25) is 0 Å². The van der Waals surface area contributed by atoms with Crippen molar-refractivity contribution in [3.63, 3.8) is 0 Å². The number of aromatic nitrogens is 1.